The molecule has 8 heteroatoms. The van der Waals surface area contributed by atoms with Crippen molar-refractivity contribution in [1.29, 1.82) is 0 Å². The van der Waals surface area contributed by atoms with Crippen LogP contribution in [0.15, 0.2) is 53.4 Å². The van der Waals surface area contributed by atoms with Crippen LogP contribution in [0.3, 0.4) is 0 Å². The molecule has 0 fully saturated rings. The monoisotopic (exact) mass is 395 g/mol. The summed E-state index contributed by atoms with van der Waals surface area (Å²) in [5.74, 6) is -0.121. The summed E-state index contributed by atoms with van der Waals surface area (Å²) in [7, 11) is -1.86. The van der Waals surface area contributed by atoms with Crippen LogP contribution in [0.5, 0.6) is 0 Å². The van der Waals surface area contributed by atoms with Crippen LogP contribution in [0.2, 0.25) is 5.02 Å². The Balaban J connectivity index is 1.89. The van der Waals surface area contributed by atoms with Crippen molar-refractivity contribution in [1.82, 2.24) is 10.2 Å². The summed E-state index contributed by atoms with van der Waals surface area (Å²) in [4.78, 5) is 14.2. The Labute approximate surface area is 159 Å². The lowest BCUT2D eigenvalue weighted by Gasteiger charge is -2.19. The number of halogens is 1. The highest BCUT2D eigenvalue weighted by atomic mass is 35.5. The number of hydrogen-bond acceptors (Lipinski definition) is 4. The standard InChI is InChI=1S/C18H22ClN3O3S/c1-13(15-5-9-17(10-6-15)26(20,24)25)21-18(23)12-22(2)11-14-3-7-16(19)8-4-14/h3-10,13H,11-12H2,1-2H3,(H,21,23)(H2,20,24,25)/t13-/m1/s1. The maximum Gasteiger partial charge on any atom is 0.238 e. The third-order valence-electron chi connectivity index (χ3n) is 3.87. The number of primary sulfonamides is 1. The average Bonchev–Trinajstić information content (AvgIpc) is 2.56. The quantitative estimate of drug-likeness (QED) is 0.752. The molecule has 1 atom stereocenters. The van der Waals surface area contributed by atoms with Gasteiger partial charge in [0.15, 0.2) is 0 Å². The van der Waals surface area contributed by atoms with Gasteiger partial charge in [0.25, 0.3) is 0 Å². The van der Waals surface area contributed by atoms with Gasteiger partial charge in [0.05, 0.1) is 17.5 Å². The van der Waals surface area contributed by atoms with Crippen molar-refractivity contribution in [3.63, 3.8) is 0 Å². The molecule has 2 aromatic carbocycles. The van der Waals surface area contributed by atoms with Crippen LogP contribution in [0.25, 0.3) is 0 Å². The zero-order chi connectivity index (χ0) is 19.3. The van der Waals surface area contributed by atoms with Gasteiger partial charge < -0.3 is 5.32 Å². The summed E-state index contributed by atoms with van der Waals surface area (Å²) in [5.41, 5.74) is 1.86. The van der Waals surface area contributed by atoms with Gasteiger partial charge >= 0.3 is 0 Å². The minimum absolute atomic E-state index is 0.0440. The van der Waals surface area contributed by atoms with E-state index in [0.717, 1.165) is 11.1 Å². The van der Waals surface area contributed by atoms with Crippen molar-refractivity contribution < 1.29 is 13.2 Å². The molecule has 3 N–H and O–H groups in total. The molecule has 0 saturated carbocycles. The second-order valence-corrected chi connectivity index (χ2v) is 8.20. The fourth-order valence-corrected chi connectivity index (χ4v) is 3.16. The average molecular weight is 396 g/mol. The molecule has 2 aromatic rings. The molecule has 0 aliphatic carbocycles. The molecule has 0 aliphatic heterocycles. The second-order valence-electron chi connectivity index (χ2n) is 6.20. The number of carbonyl (C=O) groups is 1. The zero-order valence-electron chi connectivity index (χ0n) is 14.6. The van der Waals surface area contributed by atoms with Gasteiger partial charge in [-0.05, 0) is 49.4 Å². The molecule has 0 bridgehead atoms. The predicted molar refractivity (Wildman–Crippen MR) is 102 cm³/mol. The Morgan fingerprint density at radius 1 is 1.15 bits per heavy atom. The largest absolute Gasteiger partial charge is 0.348 e. The summed E-state index contributed by atoms with van der Waals surface area (Å²) in [6.07, 6.45) is 0. The number of nitrogens with zero attached hydrogens (tertiary/aromatic N) is 1. The molecule has 0 aliphatic rings. The summed E-state index contributed by atoms with van der Waals surface area (Å²) in [6, 6.07) is 13.4. The van der Waals surface area contributed by atoms with Gasteiger partial charge in [0.1, 0.15) is 0 Å². The number of sulfonamides is 1. The van der Waals surface area contributed by atoms with Gasteiger partial charge in [-0.25, -0.2) is 13.6 Å². The molecule has 0 aromatic heterocycles. The molecule has 0 radical (unpaired) electrons. The maximum atomic E-state index is 12.2. The number of nitrogens with one attached hydrogen (secondary N) is 1. The second kappa shape index (κ2) is 8.64. The zero-order valence-corrected chi connectivity index (χ0v) is 16.2. The number of nitrogens with two attached hydrogens (primary N) is 1. The fourth-order valence-electron chi connectivity index (χ4n) is 2.52. The minimum atomic E-state index is -3.72. The van der Waals surface area contributed by atoms with Crippen molar-refractivity contribution in [3.05, 3.63) is 64.7 Å². The first-order chi connectivity index (χ1) is 12.1. The number of carbonyl (C=O) groups excluding carboxylic acids is 1. The lowest BCUT2D eigenvalue weighted by molar-refractivity contribution is -0.122. The first kappa shape index (κ1) is 20.4. The number of amides is 1. The van der Waals surface area contributed by atoms with Gasteiger partial charge in [0, 0.05) is 11.6 Å². The molecule has 0 saturated heterocycles. The van der Waals surface area contributed by atoms with Crippen LogP contribution in [0.1, 0.15) is 24.1 Å². The molecule has 6 nitrogen and oxygen atoms in total. The van der Waals surface area contributed by atoms with Gasteiger partial charge in [0.2, 0.25) is 15.9 Å². The van der Waals surface area contributed by atoms with Gasteiger partial charge in [-0.1, -0.05) is 35.9 Å². The highest BCUT2D eigenvalue weighted by Gasteiger charge is 2.13. The van der Waals surface area contributed by atoms with Crippen LogP contribution in [0.4, 0.5) is 0 Å². The number of rotatable bonds is 7. The summed E-state index contributed by atoms with van der Waals surface area (Å²) >= 11 is 5.86. The maximum absolute atomic E-state index is 12.2. The van der Waals surface area contributed by atoms with Gasteiger partial charge in [-0.3, -0.25) is 9.69 Å². The van der Waals surface area contributed by atoms with E-state index in [4.69, 9.17) is 16.7 Å². The van der Waals surface area contributed by atoms with Crippen molar-refractivity contribution in [2.75, 3.05) is 13.6 Å². The van der Waals surface area contributed by atoms with E-state index in [1.54, 1.807) is 12.1 Å². The van der Waals surface area contributed by atoms with E-state index >= 15 is 0 Å². The van der Waals surface area contributed by atoms with Gasteiger partial charge in [-0.2, -0.15) is 0 Å². The smallest absolute Gasteiger partial charge is 0.238 e. The molecular weight excluding hydrogens is 374 g/mol. The van der Waals surface area contributed by atoms with E-state index in [9.17, 15) is 13.2 Å². The normalized spacial score (nSPS) is 12.8. The van der Waals surface area contributed by atoms with Crippen LogP contribution < -0.4 is 10.5 Å². The molecule has 2 rings (SSSR count). The van der Waals surface area contributed by atoms with E-state index in [0.29, 0.717) is 11.6 Å². The summed E-state index contributed by atoms with van der Waals surface area (Å²) in [5, 5.41) is 8.65. The highest BCUT2D eigenvalue weighted by molar-refractivity contribution is 7.89. The molecule has 1 amide bonds. The minimum Gasteiger partial charge on any atom is -0.348 e. The number of benzene rings is 2. The predicted octanol–water partition coefficient (Wildman–Crippen LogP) is 2.30. The Morgan fingerprint density at radius 3 is 2.27 bits per heavy atom. The van der Waals surface area contributed by atoms with Crippen molar-refractivity contribution >= 4 is 27.5 Å². The third kappa shape index (κ3) is 6.10. The molecule has 26 heavy (non-hydrogen) atoms. The van der Waals surface area contributed by atoms with E-state index < -0.39 is 10.0 Å². The van der Waals surface area contributed by atoms with Crippen molar-refractivity contribution in [2.45, 2.75) is 24.4 Å². The van der Waals surface area contributed by atoms with Gasteiger partial charge in [-0.15, -0.1) is 0 Å². The van der Waals surface area contributed by atoms with Crippen LogP contribution in [0, 0.1) is 0 Å². The van der Waals surface area contributed by atoms with Crippen molar-refractivity contribution in [3.8, 4) is 0 Å². The topological polar surface area (TPSA) is 92.5 Å². The van der Waals surface area contributed by atoms with E-state index in [-0.39, 0.29) is 23.4 Å². The third-order valence-corrected chi connectivity index (χ3v) is 5.05. The molecule has 0 heterocycles. The fraction of sp³-hybridized carbons (Fsp3) is 0.278. The molecule has 0 unspecified atom stereocenters. The van der Waals surface area contributed by atoms with Crippen LogP contribution >= 0.6 is 11.6 Å². The van der Waals surface area contributed by atoms with E-state index in [1.807, 2.05) is 43.1 Å². The summed E-state index contributed by atoms with van der Waals surface area (Å²) in [6.45, 7) is 2.70. The molecular formula is C18H22ClN3O3S. The van der Waals surface area contributed by atoms with Crippen LogP contribution in [-0.4, -0.2) is 32.8 Å². The van der Waals surface area contributed by atoms with Crippen LogP contribution in [-0.2, 0) is 21.4 Å². The lowest BCUT2D eigenvalue weighted by atomic mass is 10.1. The summed E-state index contributed by atoms with van der Waals surface area (Å²) < 4.78 is 22.6. The Hall–Kier alpha value is -1.93. The number of hydrogen-bond donors (Lipinski definition) is 2. The lowest BCUT2D eigenvalue weighted by Crippen LogP contribution is -2.36. The first-order valence-corrected chi connectivity index (χ1v) is 9.92. The SMILES string of the molecule is C[C@@H](NC(=O)CN(C)Cc1ccc(Cl)cc1)c1ccc(S(N)(=O)=O)cc1. The molecule has 0 spiro atoms. The van der Waals surface area contributed by atoms with E-state index in [2.05, 4.69) is 5.32 Å². The van der Waals surface area contributed by atoms with E-state index in [1.165, 1.54) is 12.1 Å². The Morgan fingerprint density at radius 2 is 1.73 bits per heavy atom. The van der Waals surface area contributed by atoms with Crippen molar-refractivity contribution in [2.24, 2.45) is 5.14 Å². The Bertz CT molecular complexity index is 852. The highest BCUT2D eigenvalue weighted by Crippen LogP contribution is 2.15. The molecule has 140 valence electrons. The number of likely N-dealkylation sites (N-methyl/N-ethyl adjacent to an activating group) is 1. The first-order valence-electron chi connectivity index (χ1n) is 8.00. The Kier molecular flexibility index (Phi) is 6.77.